The number of hydrogen-bond acceptors (Lipinski definition) is 30. The average molecular weight is 1920 g/mol. The molecule has 1 aliphatic carbocycles. The van der Waals surface area contributed by atoms with Crippen LogP contribution in [0.1, 0.15) is 127 Å². The van der Waals surface area contributed by atoms with Crippen molar-refractivity contribution in [2.24, 2.45) is 29.4 Å². The standard InChI is InChI=1S/C93H126FN17O22S2/c1-63(2)57-107(81(113)28-36-123-39-33-109-82(114)56-73(88(109)118)71-18-9-8-16-64(71)3)60-80(112)98-76(21-12-30-96-90(95)121)87(117)97-69-26-25-67(68(55-69)58-106(5)93(122)133-62-70-59-108(105-102-70)32-38-125-41-43-127-45-47-129-49-51-131-53-52-130-50-48-128-46-44-126-42-40-124-37-29-83(115)116)61-111(6,7)34-14-17-66-24-27-77(74(94)54-66)132-35-15-23-79-84(89(119)120)100-92(135-79)110-31-13-19-72-65(4)85(103-104-86(72)110)101-91-99-75-20-10-11-22-78(75)134-91/h8-11,20,22,24-27,54-55,59,63-64,71,73,76H,12-13,15-16,18-19,21,23,28-53,56-58,60-62H2,1-7H3,(H7-,95,96,97,98,99,101,103,112,115,116,117,119,120,121)/p+1/t64-,71-,73?,76-/m0/s1. The largest absolute Gasteiger partial charge is 0.491 e. The Hall–Kier alpha value is -11.3. The smallest absolute Gasteiger partial charge is 0.410 e. The third-order valence-electron chi connectivity index (χ3n) is 22.2. The number of thiazole rings is 2. The number of primary amides is 1. The number of carbonyl (C=O) groups excluding carboxylic acids is 7. The lowest BCUT2D eigenvalue weighted by molar-refractivity contribution is -0.896. The number of amides is 8. The van der Waals surface area contributed by atoms with Crippen LogP contribution < -0.4 is 36.6 Å². The highest BCUT2D eigenvalue weighted by atomic mass is 32.1. The number of likely N-dealkylation sites (tertiary alicyclic amines) is 1. The van der Waals surface area contributed by atoms with Gasteiger partial charge >= 0.3 is 24.1 Å². The Labute approximate surface area is 792 Å². The van der Waals surface area contributed by atoms with Gasteiger partial charge in [-0.2, -0.15) is 0 Å². The fraction of sp³-hybridized carbons (Fsp3) is 0.559. The fourth-order valence-electron chi connectivity index (χ4n) is 15.2. The first-order valence-corrected chi connectivity index (χ1v) is 47.2. The highest BCUT2D eigenvalue weighted by molar-refractivity contribution is 7.22. The van der Waals surface area contributed by atoms with E-state index in [1.165, 1.54) is 49.5 Å². The second kappa shape index (κ2) is 55.6. The van der Waals surface area contributed by atoms with Gasteiger partial charge < -0.3 is 109 Å². The number of aliphatic carboxylic acids is 1. The molecule has 2 aliphatic heterocycles. The second-order valence-corrected chi connectivity index (χ2v) is 35.9. The Morgan fingerprint density at radius 1 is 0.756 bits per heavy atom. The van der Waals surface area contributed by atoms with Crippen LogP contribution in [0.3, 0.4) is 0 Å². The van der Waals surface area contributed by atoms with Crippen LogP contribution in [0.15, 0.2) is 79.0 Å². The van der Waals surface area contributed by atoms with Gasteiger partial charge in [-0.25, -0.2) is 33.4 Å². The number of nitrogens with two attached hydrogens (primary N) is 1. The second-order valence-electron chi connectivity index (χ2n) is 33.8. The SMILES string of the molecule is Cc1c(Nc2nc3ccccc3s2)nnc2c1CCCN2c1nc(C(=O)O)c(CCCOc2ccc(C#CC[N+](C)(C)Cc3ccc(NC(=O)[C@H](CCCNC(N)=O)NC(=O)CN(CC(C)C)C(=O)CCOCCN4C(=O)CC([C@H]5CC=CC[C@@H]5C)C4=O)cc3CN(C)C(=O)OCc3cn(CCOCCOCCOCCOCCOCCOCCOCCOCCC(=O)O)nn3)cc2F)s1. The van der Waals surface area contributed by atoms with E-state index in [0.29, 0.717) is 181 Å². The molecule has 8 N–H and O–H groups in total. The number of benzene rings is 3. The summed E-state index contributed by atoms with van der Waals surface area (Å²) in [5, 5.41) is 49.2. The number of hydrogen-bond donors (Lipinski definition) is 7. The number of anilines is 5. The third kappa shape index (κ3) is 35.4. The number of halogens is 1. The van der Waals surface area contributed by atoms with Gasteiger partial charge in [0.1, 0.15) is 31.4 Å². The Morgan fingerprint density at radius 2 is 1.42 bits per heavy atom. The molecule has 734 valence electrons. The van der Waals surface area contributed by atoms with Crippen molar-refractivity contribution in [2.45, 2.75) is 131 Å². The van der Waals surface area contributed by atoms with Gasteiger partial charge in [0.25, 0.3) is 0 Å². The minimum atomic E-state index is -1.20. The molecule has 42 heteroatoms. The summed E-state index contributed by atoms with van der Waals surface area (Å²) in [5.74, 6) is 2.58. The number of aryl methyl sites for hydroxylation is 1. The molecule has 6 heterocycles. The number of carboxylic acids is 2. The van der Waals surface area contributed by atoms with Gasteiger partial charge in [-0.3, -0.25) is 33.7 Å². The number of aromatic carboxylic acids is 1. The number of fused-ring (bicyclic) bond motifs is 2. The summed E-state index contributed by atoms with van der Waals surface area (Å²) in [4.78, 5) is 134. The van der Waals surface area contributed by atoms with E-state index in [1.807, 2.05) is 64.0 Å². The van der Waals surface area contributed by atoms with E-state index in [9.17, 15) is 48.3 Å². The Morgan fingerprint density at radius 3 is 2.09 bits per heavy atom. The number of urea groups is 1. The lowest BCUT2D eigenvalue weighted by atomic mass is 9.75. The molecule has 0 saturated carbocycles. The van der Waals surface area contributed by atoms with Crippen LogP contribution in [-0.2, 0) is 115 Å². The first-order valence-electron chi connectivity index (χ1n) is 45.6. The maximum Gasteiger partial charge on any atom is 0.410 e. The number of aromatic nitrogens is 7. The van der Waals surface area contributed by atoms with Crippen molar-refractivity contribution in [3.05, 3.63) is 129 Å². The fourth-order valence-corrected chi connectivity index (χ4v) is 17.2. The zero-order valence-electron chi connectivity index (χ0n) is 77.9. The number of quaternary nitrogens is 1. The van der Waals surface area contributed by atoms with Crippen molar-refractivity contribution >= 4 is 114 Å². The molecule has 10 rings (SSSR count). The number of nitrogens with zero attached hydrogens (tertiary/aromatic N) is 12. The van der Waals surface area contributed by atoms with Gasteiger partial charge in [-0.1, -0.05) is 73.6 Å². The molecule has 4 atom stereocenters. The van der Waals surface area contributed by atoms with Crippen LogP contribution in [-0.4, -0.2) is 310 Å². The lowest BCUT2D eigenvalue weighted by Gasteiger charge is -2.29. The van der Waals surface area contributed by atoms with E-state index < -0.39 is 60.2 Å². The summed E-state index contributed by atoms with van der Waals surface area (Å²) in [6.45, 7) is 14.8. The number of carbonyl (C=O) groups is 9. The lowest BCUT2D eigenvalue weighted by Crippen LogP contribution is -2.49. The average Bonchev–Trinajstić information content (AvgIpc) is 1.75. The van der Waals surface area contributed by atoms with Crippen LogP contribution in [0.25, 0.3) is 10.2 Å². The van der Waals surface area contributed by atoms with Gasteiger partial charge in [0, 0.05) is 72.5 Å². The zero-order valence-corrected chi connectivity index (χ0v) is 79.5. The van der Waals surface area contributed by atoms with E-state index in [2.05, 4.69) is 77.7 Å². The number of para-hydroxylation sites is 1. The van der Waals surface area contributed by atoms with Gasteiger partial charge in [0.05, 0.1) is 194 Å². The van der Waals surface area contributed by atoms with Crippen LogP contribution in [0.5, 0.6) is 5.75 Å². The predicted octanol–water partition coefficient (Wildman–Crippen LogP) is 8.86. The van der Waals surface area contributed by atoms with Crippen LogP contribution in [0.2, 0.25) is 0 Å². The first-order chi connectivity index (χ1) is 65.1. The van der Waals surface area contributed by atoms with Crippen LogP contribution in [0, 0.1) is 48.3 Å². The molecule has 3 aromatic carbocycles. The van der Waals surface area contributed by atoms with E-state index >= 15 is 4.39 Å². The highest BCUT2D eigenvalue weighted by Crippen LogP contribution is 2.41. The van der Waals surface area contributed by atoms with Crippen LogP contribution >= 0.6 is 22.7 Å². The maximum absolute atomic E-state index is 15.9. The topological polar surface area (TPSA) is 465 Å². The molecule has 0 radical (unpaired) electrons. The first kappa shape index (κ1) is 106. The van der Waals surface area contributed by atoms with Crippen molar-refractivity contribution in [2.75, 3.05) is 201 Å². The van der Waals surface area contributed by atoms with Gasteiger partial charge in [0.2, 0.25) is 29.5 Å². The minimum Gasteiger partial charge on any atom is -0.491 e. The van der Waals surface area contributed by atoms with Gasteiger partial charge in [0.15, 0.2) is 39.2 Å². The molecular weight excluding hydrogens is 1790 g/mol. The Kier molecular flexibility index (Phi) is 43.6. The third-order valence-corrected chi connectivity index (χ3v) is 24.3. The van der Waals surface area contributed by atoms with Crippen molar-refractivity contribution in [3.63, 3.8) is 0 Å². The van der Waals surface area contributed by atoms with E-state index in [-0.39, 0.29) is 149 Å². The summed E-state index contributed by atoms with van der Waals surface area (Å²) in [6, 6.07) is 15.5. The minimum absolute atomic E-state index is 0.00528. The number of rotatable bonds is 61. The van der Waals surface area contributed by atoms with Crippen molar-refractivity contribution in [1.29, 1.82) is 0 Å². The molecule has 3 aliphatic rings. The Balaban J connectivity index is 0.707. The summed E-state index contributed by atoms with van der Waals surface area (Å²) in [5.41, 5.74) is 10.5. The quantitative estimate of drug-likeness (QED) is 0.00615. The van der Waals surface area contributed by atoms with Gasteiger partial charge in [-0.05, 0) is 130 Å². The van der Waals surface area contributed by atoms with Crippen molar-refractivity contribution in [1.82, 2.24) is 60.5 Å². The molecule has 39 nitrogen and oxygen atoms in total. The molecule has 1 fully saturated rings. The van der Waals surface area contributed by atoms with Crippen LogP contribution in [0.4, 0.5) is 41.6 Å². The van der Waals surface area contributed by atoms with Gasteiger partial charge in [-0.15, -0.1) is 26.6 Å². The highest BCUT2D eigenvalue weighted by Gasteiger charge is 2.44. The molecule has 8 amide bonds. The molecule has 0 spiro atoms. The molecule has 7 aromatic rings. The Bertz CT molecular complexity index is 5110. The summed E-state index contributed by atoms with van der Waals surface area (Å²) in [6.07, 6.45) is 9.12. The zero-order chi connectivity index (χ0) is 96.4. The summed E-state index contributed by atoms with van der Waals surface area (Å²) < 4.78 is 80.2. The van der Waals surface area contributed by atoms with E-state index in [1.54, 1.807) is 42.2 Å². The van der Waals surface area contributed by atoms with Crippen molar-refractivity contribution < 1.29 is 114 Å². The van der Waals surface area contributed by atoms with E-state index in [0.717, 1.165) is 52.6 Å². The van der Waals surface area contributed by atoms with E-state index in [4.69, 9.17) is 67.9 Å². The molecular formula is C93H127FN17O22S2+. The number of imide groups is 1. The maximum atomic E-state index is 15.9. The summed E-state index contributed by atoms with van der Waals surface area (Å²) in [7, 11) is 5.45. The number of nitrogens with one attached hydrogen (secondary N) is 4. The molecule has 0 bridgehead atoms. The number of ether oxygens (including phenoxy) is 11. The predicted molar refractivity (Wildman–Crippen MR) is 499 cm³/mol. The molecule has 1 unspecified atom stereocenters. The monoisotopic (exact) mass is 1920 g/mol. The number of carboxylic acid groups (broad SMARTS) is 2. The molecule has 4 aromatic heterocycles. The molecule has 1 saturated heterocycles. The number of allylic oxidation sites excluding steroid dienone is 2. The normalized spacial score (nSPS) is 15.0. The summed E-state index contributed by atoms with van der Waals surface area (Å²) >= 11 is 2.78. The van der Waals surface area contributed by atoms with Crippen molar-refractivity contribution in [3.8, 4) is 17.6 Å². The molecule has 135 heavy (non-hydrogen) atoms.